The van der Waals surface area contributed by atoms with Gasteiger partial charge in [-0.25, -0.2) is 0 Å². The molecule has 0 aliphatic heterocycles. The van der Waals surface area contributed by atoms with Crippen LogP contribution in [0.25, 0.3) is 0 Å². The molecule has 0 saturated carbocycles. The lowest BCUT2D eigenvalue weighted by Gasteiger charge is -2.17. The van der Waals surface area contributed by atoms with Crippen LogP contribution in [0.3, 0.4) is 0 Å². The summed E-state index contributed by atoms with van der Waals surface area (Å²) >= 11 is 1.33. The van der Waals surface area contributed by atoms with E-state index in [1.807, 2.05) is 30.3 Å². The van der Waals surface area contributed by atoms with Crippen LogP contribution in [0.5, 0.6) is 0 Å². The van der Waals surface area contributed by atoms with Gasteiger partial charge in [-0.1, -0.05) is 30.3 Å². The highest BCUT2D eigenvalue weighted by Crippen LogP contribution is 2.09. The quantitative estimate of drug-likeness (QED) is 0.545. The number of nitrogens with one attached hydrogen (secondary N) is 1. The van der Waals surface area contributed by atoms with E-state index < -0.39 is 18.1 Å². The Balaban J connectivity index is 2.49. The van der Waals surface area contributed by atoms with Crippen LogP contribution in [-0.4, -0.2) is 46.4 Å². The summed E-state index contributed by atoms with van der Waals surface area (Å²) in [4.78, 5) is 34.2. The molecule has 4 N–H and O–H groups in total. The summed E-state index contributed by atoms with van der Waals surface area (Å²) < 4.78 is 0. The van der Waals surface area contributed by atoms with Crippen molar-refractivity contribution in [3.05, 3.63) is 35.9 Å². The topological polar surface area (TPSA) is 109 Å². The van der Waals surface area contributed by atoms with E-state index in [9.17, 15) is 14.4 Å². The Hall–Kier alpha value is -1.86. The number of aliphatic carboxylic acids is 1. The average molecular weight is 338 g/mol. The van der Waals surface area contributed by atoms with Gasteiger partial charge in [0.05, 0.1) is 11.8 Å². The zero-order valence-corrected chi connectivity index (χ0v) is 13.8. The van der Waals surface area contributed by atoms with E-state index in [1.165, 1.54) is 18.7 Å². The number of nitrogens with two attached hydrogens (primary N) is 1. The minimum absolute atomic E-state index is 0.0852. The lowest BCUT2D eigenvalue weighted by atomic mass is 10.0. The fourth-order valence-corrected chi connectivity index (χ4v) is 2.91. The normalized spacial score (nSPS) is 13.1. The Kier molecular flexibility index (Phi) is 8.36. The molecule has 23 heavy (non-hydrogen) atoms. The van der Waals surface area contributed by atoms with Crippen LogP contribution in [0.4, 0.5) is 0 Å². The van der Waals surface area contributed by atoms with E-state index in [0.29, 0.717) is 18.6 Å². The first kappa shape index (κ1) is 19.2. The number of amides is 1. The summed E-state index contributed by atoms with van der Waals surface area (Å²) in [5, 5.41) is 11.4. The molecule has 1 aromatic rings. The number of carbonyl (C=O) groups is 3. The molecule has 0 aliphatic rings. The minimum Gasteiger partial charge on any atom is -0.480 e. The van der Waals surface area contributed by atoms with Crippen molar-refractivity contribution in [2.75, 3.05) is 11.5 Å². The number of carbonyl (C=O) groups excluding carboxylic acids is 2. The van der Waals surface area contributed by atoms with Crippen LogP contribution >= 0.6 is 11.8 Å². The van der Waals surface area contributed by atoms with Gasteiger partial charge in [-0.3, -0.25) is 14.4 Å². The Morgan fingerprint density at radius 1 is 1.26 bits per heavy atom. The molecule has 6 nitrogen and oxygen atoms in total. The van der Waals surface area contributed by atoms with Crippen molar-refractivity contribution in [3.8, 4) is 0 Å². The molecule has 1 rings (SSSR count). The van der Waals surface area contributed by atoms with E-state index in [4.69, 9.17) is 10.8 Å². The minimum atomic E-state index is -1.04. The van der Waals surface area contributed by atoms with Gasteiger partial charge in [-0.05, 0) is 24.2 Å². The van der Waals surface area contributed by atoms with Crippen LogP contribution in [-0.2, 0) is 20.8 Å². The molecule has 0 aromatic heterocycles. The monoisotopic (exact) mass is 338 g/mol. The Morgan fingerprint density at radius 3 is 2.48 bits per heavy atom. The maximum atomic E-state index is 12.3. The first-order valence-electron chi connectivity index (χ1n) is 7.30. The number of hydrogen-bond acceptors (Lipinski definition) is 5. The van der Waals surface area contributed by atoms with E-state index in [0.717, 1.165) is 5.56 Å². The summed E-state index contributed by atoms with van der Waals surface area (Å²) in [6, 6.07) is 7.98. The average Bonchev–Trinajstić information content (AvgIpc) is 2.50. The second-order valence-corrected chi connectivity index (χ2v) is 6.30. The number of Topliss-reactive ketones (excluding diaryl/α,β-unsaturated/α-hetero) is 1. The summed E-state index contributed by atoms with van der Waals surface area (Å²) in [6.45, 7) is 1.38. The predicted molar refractivity (Wildman–Crippen MR) is 90.3 cm³/mol. The maximum absolute atomic E-state index is 12.3. The molecule has 0 saturated heterocycles. The van der Waals surface area contributed by atoms with E-state index in [2.05, 4.69) is 5.32 Å². The number of carboxylic acid groups (broad SMARTS) is 1. The molecular weight excluding hydrogens is 316 g/mol. The molecule has 7 heteroatoms. The molecule has 2 atom stereocenters. The molecule has 1 amide bonds. The molecule has 1 aromatic carbocycles. The van der Waals surface area contributed by atoms with Crippen molar-refractivity contribution in [2.24, 2.45) is 5.73 Å². The number of thioether (sulfide) groups is 1. The molecule has 0 heterocycles. The third kappa shape index (κ3) is 7.80. The first-order chi connectivity index (χ1) is 10.9. The van der Waals surface area contributed by atoms with Crippen molar-refractivity contribution in [1.29, 1.82) is 0 Å². The molecule has 1 unspecified atom stereocenters. The third-order valence-corrected chi connectivity index (χ3v) is 4.20. The Morgan fingerprint density at radius 2 is 1.91 bits per heavy atom. The number of benzene rings is 1. The van der Waals surface area contributed by atoms with E-state index in [-0.39, 0.29) is 17.4 Å². The second kappa shape index (κ2) is 10.0. The number of rotatable bonds is 10. The molecule has 126 valence electrons. The summed E-state index contributed by atoms with van der Waals surface area (Å²) in [5.41, 5.74) is 6.38. The van der Waals surface area contributed by atoms with Crippen molar-refractivity contribution in [1.82, 2.24) is 5.32 Å². The van der Waals surface area contributed by atoms with Gasteiger partial charge in [0, 0.05) is 6.92 Å². The summed E-state index contributed by atoms with van der Waals surface area (Å²) in [7, 11) is 0. The Bertz CT molecular complexity index is 536. The lowest BCUT2D eigenvalue weighted by molar-refractivity contribution is -0.138. The first-order valence-corrected chi connectivity index (χ1v) is 8.45. The van der Waals surface area contributed by atoms with Gasteiger partial charge in [0.15, 0.2) is 5.78 Å². The zero-order chi connectivity index (χ0) is 17.2. The number of hydrogen-bond donors (Lipinski definition) is 3. The van der Waals surface area contributed by atoms with Crippen molar-refractivity contribution in [3.63, 3.8) is 0 Å². The van der Waals surface area contributed by atoms with Gasteiger partial charge < -0.3 is 16.2 Å². The molecule has 0 aliphatic carbocycles. The van der Waals surface area contributed by atoms with Gasteiger partial charge in [0.2, 0.25) is 5.91 Å². The van der Waals surface area contributed by atoms with Crippen LogP contribution < -0.4 is 11.1 Å². The SMILES string of the molecule is CC(=O)NC(Cc1ccccc1)C(=O)CSCC[C@H](N)C(=O)O. The fraction of sp³-hybridized carbons (Fsp3) is 0.438. The van der Waals surface area contributed by atoms with Crippen LogP contribution in [0.2, 0.25) is 0 Å². The third-order valence-electron chi connectivity index (χ3n) is 3.18. The summed E-state index contributed by atoms with van der Waals surface area (Å²) in [6.07, 6.45) is 0.741. The largest absolute Gasteiger partial charge is 0.480 e. The Labute approximate surface area is 139 Å². The highest BCUT2D eigenvalue weighted by molar-refractivity contribution is 7.99. The van der Waals surface area contributed by atoms with Crippen LogP contribution in [0, 0.1) is 0 Å². The second-order valence-electron chi connectivity index (χ2n) is 5.20. The van der Waals surface area contributed by atoms with Gasteiger partial charge in [0.1, 0.15) is 6.04 Å². The zero-order valence-electron chi connectivity index (χ0n) is 13.0. The van der Waals surface area contributed by atoms with Gasteiger partial charge >= 0.3 is 5.97 Å². The highest BCUT2D eigenvalue weighted by Gasteiger charge is 2.20. The predicted octanol–water partition coefficient (Wildman–Crippen LogP) is 0.838. The molecule has 0 radical (unpaired) electrons. The summed E-state index contributed by atoms with van der Waals surface area (Å²) in [5.74, 6) is -0.686. The molecular formula is C16H22N2O4S. The smallest absolute Gasteiger partial charge is 0.320 e. The van der Waals surface area contributed by atoms with Gasteiger partial charge in [-0.2, -0.15) is 11.8 Å². The van der Waals surface area contributed by atoms with Crippen molar-refractivity contribution >= 4 is 29.4 Å². The maximum Gasteiger partial charge on any atom is 0.320 e. The van der Waals surface area contributed by atoms with E-state index in [1.54, 1.807) is 0 Å². The number of carboxylic acids is 1. The van der Waals surface area contributed by atoms with Crippen LogP contribution in [0.15, 0.2) is 30.3 Å². The van der Waals surface area contributed by atoms with Gasteiger partial charge in [0.25, 0.3) is 0 Å². The standard InChI is InChI=1S/C16H22N2O4S/c1-11(19)18-14(9-12-5-3-2-4-6-12)15(20)10-23-8-7-13(17)16(21)22/h2-6,13-14H,7-10,17H2,1H3,(H,18,19)(H,21,22)/t13-,14?/m0/s1. The lowest BCUT2D eigenvalue weighted by Crippen LogP contribution is -2.42. The van der Waals surface area contributed by atoms with Crippen LogP contribution in [0.1, 0.15) is 18.9 Å². The van der Waals surface area contributed by atoms with Crippen molar-refractivity contribution in [2.45, 2.75) is 31.8 Å². The molecule has 0 fully saturated rings. The number of ketones is 1. The molecule has 0 spiro atoms. The van der Waals surface area contributed by atoms with Gasteiger partial charge in [-0.15, -0.1) is 0 Å². The van der Waals surface area contributed by atoms with E-state index >= 15 is 0 Å². The highest BCUT2D eigenvalue weighted by atomic mass is 32.2. The fourth-order valence-electron chi connectivity index (χ4n) is 1.95. The van der Waals surface area contributed by atoms with Crippen molar-refractivity contribution < 1.29 is 19.5 Å². The molecule has 0 bridgehead atoms.